The molecule has 0 saturated heterocycles. The predicted molar refractivity (Wildman–Crippen MR) is 84.7 cm³/mol. The van der Waals surface area contributed by atoms with Gasteiger partial charge in [-0.2, -0.15) is 0 Å². The van der Waals surface area contributed by atoms with E-state index in [1.807, 2.05) is 43.5 Å². The molecule has 6 heteroatoms. The summed E-state index contributed by atoms with van der Waals surface area (Å²) in [7, 11) is 0. The average Bonchev–Trinajstić information content (AvgIpc) is 2.66. The van der Waals surface area contributed by atoms with Gasteiger partial charge in [0.25, 0.3) is 0 Å². The van der Waals surface area contributed by atoms with Crippen LogP contribution < -0.4 is 5.73 Å². The zero-order valence-electron chi connectivity index (χ0n) is 11.7. The van der Waals surface area contributed by atoms with Crippen LogP contribution in [-0.2, 0) is 11.3 Å². The normalized spacial score (nSPS) is 13.7. The molecule has 0 spiro atoms. The monoisotopic (exact) mass is 357 g/mol. The molecule has 2 N–H and O–H groups in total. The number of rotatable bonds is 4. The van der Waals surface area contributed by atoms with Crippen molar-refractivity contribution >= 4 is 44.5 Å². The molecule has 2 aromatic rings. The number of aromatic nitrogens is 2. The van der Waals surface area contributed by atoms with Crippen LogP contribution >= 0.6 is 27.5 Å². The molecule has 0 radical (unpaired) electrons. The van der Waals surface area contributed by atoms with Crippen molar-refractivity contribution in [1.29, 1.82) is 0 Å². The van der Waals surface area contributed by atoms with Crippen LogP contribution in [0.3, 0.4) is 0 Å². The molecule has 1 unspecified atom stereocenters. The molecular weight excluding hydrogens is 342 g/mol. The zero-order valence-corrected chi connectivity index (χ0v) is 14.0. The molecule has 108 valence electrons. The lowest BCUT2D eigenvalue weighted by molar-refractivity contribution is -0.126. The predicted octanol–water partition coefficient (Wildman–Crippen LogP) is 3.61. The lowest BCUT2D eigenvalue weighted by Gasteiger charge is -2.23. The van der Waals surface area contributed by atoms with E-state index in [0.29, 0.717) is 6.54 Å². The molecule has 0 aliphatic heterocycles. The number of carbonyl (C=O) groups is 1. The van der Waals surface area contributed by atoms with Crippen LogP contribution in [-0.4, -0.2) is 15.5 Å². The summed E-state index contributed by atoms with van der Waals surface area (Å²) in [5.41, 5.74) is 6.60. The Hall–Kier alpha value is -1.07. The van der Waals surface area contributed by atoms with Crippen molar-refractivity contribution in [3.8, 4) is 0 Å². The van der Waals surface area contributed by atoms with Gasteiger partial charge in [0.05, 0.1) is 21.8 Å². The van der Waals surface area contributed by atoms with E-state index in [1.165, 1.54) is 0 Å². The van der Waals surface area contributed by atoms with Crippen molar-refractivity contribution in [3.63, 3.8) is 0 Å². The van der Waals surface area contributed by atoms with Gasteiger partial charge in [-0.05, 0) is 39.0 Å². The van der Waals surface area contributed by atoms with Gasteiger partial charge in [0.1, 0.15) is 5.82 Å². The van der Waals surface area contributed by atoms with E-state index in [2.05, 4.69) is 20.9 Å². The molecule has 0 bridgehead atoms. The summed E-state index contributed by atoms with van der Waals surface area (Å²) in [5.74, 6) is 0.402. The van der Waals surface area contributed by atoms with Gasteiger partial charge in [0.2, 0.25) is 5.91 Å². The largest absolute Gasteiger partial charge is 0.369 e. The highest BCUT2D eigenvalue weighted by atomic mass is 79.9. The average molecular weight is 359 g/mol. The van der Waals surface area contributed by atoms with Crippen molar-refractivity contribution in [2.75, 3.05) is 0 Å². The number of benzene rings is 1. The molecular formula is C14H17BrClN3O. The third-order valence-corrected chi connectivity index (χ3v) is 4.00. The third-order valence-electron chi connectivity index (χ3n) is 3.32. The minimum atomic E-state index is -0.665. The number of fused-ring (bicyclic) bond motifs is 1. The number of nitrogens with zero attached hydrogens (tertiary/aromatic N) is 2. The Morgan fingerprint density at radius 1 is 1.55 bits per heavy atom. The van der Waals surface area contributed by atoms with Crippen LogP contribution in [0.1, 0.15) is 32.0 Å². The summed E-state index contributed by atoms with van der Waals surface area (Å²) in [6, 6.07) is 5.85. The fraction of sp³-hybridized carbons (Fsp3) is 0.429. The van der Waals surface area contributed by atoms with E-state index >= 15 is 0 Å². The van der Waals surface area contributed by atoms with Crippen molar-refractivity contribution in [3.05, 3.63) is 28.5 Å². The second-order valence-corrected chi connectivity index (χ2v) is 7.12. The Labute approximate surface area is 131 Å². The molecule has 0 fully saturated rings. The number of primary amides is 1. The molecule has 4 nitrogen and oxygen atoms in total. The van der Waals surface area contributed by atoms with Crippen molar-refractivity contribution in [2.45, 2.75) is 32.7 Å². The summed E-state index contributed by atoms with van der Waals surface area (Å²) >= 11 is 9.65. The van der Waals surface area contributed by atoms with Crippen LogP contribution in [0.25, 0.3) is 11.0 Å². The molecule has 1 heterocycles. The Kier molecular flexibility index (Phi) is 4.12. The van der Waals surface area contributed by atoms with Crippen molar-refractivity contribution < 1.29 is 4.79 Å². The number of halogens is 2. The molecule has 1 aromatic carbocycles. The van der Waals surface area contributed by atoms with E-state index in [4.69, 9.17) is 17.3 Å². The van der Waals surface area contributed by atoms with Gasteiger partial charge in [0.15, 0.2) is 0 Å². The highest BCUT2D eigenvalue weighted by Gasteiger charge is 2.28. The maximum atomic E-state index is 11.6. The number of nitrogens with two attached hydrogens (primary N) is 1. The van der Waals surface area contributed by atoms with Gasteiger partial charge in [-0.1, -0.05) is 15.9 Å². The smallest absolute Gasteiger partial charge is 0.224 e. The second-order valence-electron chi connectivity index (χ2n) is 5.55. The van der Waals surface area contributed by atoms with Crippen LogP contribution in [0.15, 0.2) is 22.7 Å². The maximum Gasteiger partial charge on any atom is 0.224 e. The molecule has 0 saturated carbocycles. The molecule has 1 aromatic heterocycles. The van der Waals surface area contributed by atoms with Gasteiger partial charge >= 0.3 is 0 Å². The Bertz CT molecular complexity index is 664. The molecule has 1 amide bonds. The molecule has 0 aliphatic rings. The molecule has 0 aliphatic carbocycles. The number of hydrogen-bond acceptors (Lipinski definition) is 2. The van der Waals surface area contributed by atoms with Gasteiger partial charge in [0, 0.05) is 11.0 Å². The number of alkyl halides is 1. The first-order chi connectivity index (χ1) is 9.22. The fourth-order valence-corrected chi connectivity index (χ4v) is 2.58. The van der Waals surface area contributed by atoms with Crippen molar-refractivity contribution in [2.24, 2.45) is 11.1 Å². The number of carbonyl (C=O) groups excluding carboxylic acids is 1. The Balaban J connectivity index is 2.60. The van der Waals surface area contributed by atoms with Gasteiger partial charge in [-0.25, -0.2) is 4.98 Å². The Morgan fingerprint density at radius 2 is 2.20 bits per heavy atom. The molecule has 1 atom stereocenters. The van der Waals surface area contributed by atoms with Crippen LogP contribution in [0.2, 0.25) is 0 Å². The van der Waals surface area contributed by atoms with Crippen LogP contribution in [0.4, 0.5) is 0 Å². The lowest BCUT2D eigenvalue weighted by Crippen LogP contribution is -2.35. The summed E-state index contributed by atoms with van der Waals surface area (Å²) in [5, 5.41) is -0.246. The standard InChI is InChI=1S/C14H17BrClN3O/c1-8(16)12-18-10-6-9(15)4-5-11(10)19(12)7-14(2,3)13(17)20/h4-6,8H,7H2,1-3H3,(H2,17,20). The first kappa shape index (κ1) is 15.3. The van der Waals surface area contributed by atoms with Gasteiger partial charge in [-0.15, -0.1) is 11.6 Å². The minimum absolute atomic E-state index is 0.246. The summed E-state index contributed by atoms with van der Waals surface area (Å²) in [6.45, 7) is 5.96. The third kappa shape index (κ3) is 2.83. The molecule has 2 rings (SSSR count). The molecule has 20 heavy (non-hydrogen) atoms. The highest BCUT2D eigenvalue weighted by molar-refractivity contribution is 9.10. The zero-order chi connectivity index (χ0) is 15.1. The van der Waals surface area contributed by atoms with E-state index < -0.39 is 5.41 Å². The summed E-state index contributed by atoms with van der Waals surface area (Å²) in [4.78, 5) is 16.1. The topological polar surface area (TPSA) is 60.9 Å². The quantitative estimate of drug-likeness (QED) is 0.849. The number of imidazole rings is 1. The van der Waals surface area contributed by atoms with E-state index in [9.17, 15) is 4.79 Å². The Morgan fingerprint density at radius 3 is 2.75 bits per heavy atom. The minimum Gasteiger partial charge on any atom is -0.369 e. The van der Waals surface area contributed by atoms with E-state index in [-0.39, 0.29) is 11.3 Å². The second kappa shape index (κ2) is 5.37. The number of amides is 1. The number of hydrogen-bond donors (Lipinski definition) is 1. The van der Waals surface area contributed by atoms with Crippen LogP contribution in [0, 0.1) is 5.41 Å². The first-order valence-electron chi connectivity index (χ1n) is 6.32. The fourth-order valence-electron chi connectivity index (χ4n) is 2.06. The lowest BCUT2D eigenvalue weighted by atomic mass is 9.92. The van der Waals surface area contributed by atoms with E-state index in [0.717, 1.165) is 21.3 Å². The summed E-state index contributed by atoms with van der Waals surface area (Å²) in [6.07, 6.45) is 0. The first-order valence-corrected chi connectivity index (χ1v) is 7.55. The van der Waals surface area contributed by atoms with Crippen molar-refractivity contribution in [1.82, 2.24) is 9.55 Å². The summed E-state index contributed by atoms with van der Waals surface area (Å²) < 4.78 is 2.93. The van der Waals surface area contributed by atoms with Gasteiger partial charge in [-0.3, -0.25) is 4.79 Å². The SMILES string of the molecule is CC(Cl)c1nc2cc(Br)ccc2n1CC(C)(C)C(N)=O. The van der Waals surface area contributed by atoms with Crippen LogP contribution in [0.5, 0.6) is 0 Å². The van der Waals surface area contributed by atoms with E-state index in [1.54, 1.807) is 0 Å². The maximum absolute atomic E-state index is 11.6. The highest BCUT2D eigenvalue weighted by Crippen LogP contribution is 2.29. The van der Waals surface area contributed by atoms with Gasteiger partial charge < -0.3 is 10.3 Å².